The van der Waals surface area contributed by atoms with Crippen molar-refractivity contribution in [1.29, 1.82) is 0 Å². The molecule has 1 aromatic heterocycles. The maximum Gasteiger partial charge on any atom is 0.349 e. The molecule has 0 atom stereocenters. The van der Waals surface area contributed by atoms with Gasteiger partial charge in [0.05, 0.1) is 2.74 Å². The summed E-state index contributed by atoms with van der Waals surface area (Å²) in [5.74, 6) is -1.56. The molecule has 2 heterocycles. The van der Waals surface area contributed by atoms with Crippen LogP contribution >= 0.6 is 0 Å². The molecule has 0 N–H and O–H groups in total. The lowest BCUT2D eigenvalue weighted by molar-refractivity contribution is -0.392. The number of esters is 1. The number of nitro groups is 1. The molecule has 1 aromatic rings. The predicted octanol–water partition coefficient (Wildman–Crippen LogP) is -0.152. The van der Waals surface area contributed by atoms with E-state index in [0.29, 0.717) is 0 Å². The van der Waals surface area contributed by atoms with Crippen molar-refractivity contribution in [3.63, 3.8) is 0 Å². The van der Waals surface area contributed by atoms with Crippen molar-refractivity contribution in [2.45, 2.75) is 13.1 Å². The average Bonchev–Trinajstić information content (AvgIpc) is 2.45. The van der Waals surface area contributed by atoms with E-state index in [0.717, 1.165) is 10.8 Å². The Balaban J connectivity index is 2.59. The standard InChI is InChI=1S/C6H5N3O4/c10-6-2-8-4(3-13-6)7-1-5(8)9(11)12/h1H,2-3H2/i3D2. The largest absolute Gasteiger partial charge is 0.452 e. The van der Waals surface area contributed by atoms with E-state index in [2.05, 4.69) is 9.72 Å². The van der Waals surface area contributed by atoms with Crippen LogP contribution in [0.2, 0.25) is 0 Å². The minimum absolute atomic E-state index is 0.270. The van der Waals surface area contributed by atoms with E-state index in [-0.39, 0.29) is 5.82 Å². The predicted molar refractivity (Wildman–Crippen MR) is 38.7 cm³/mol. The number of imidazole rings is 1. The Kier molecular flexibility index (Phi) is 1.11. The maximum atomic E-state index is 11.0. The van der Waals surface area contributed by atoms with Gasteiger partial charge in [0.25, 0.3) is 0 Å². The summed E-state index contributed by atoms with van der Waals surface area (Å²) in [5.41, 5.74) is 0. The van der Waals surface area contributed by atoms with Gasteiger partial charge in [-0.25, -0.2) is 9.78 Å². The zero-order valence-electron chi connectivity index (χ0n) is 8.26. The molecule has 0 saturated heterocycles. The number of nitrogens with zero attached hydrogens (tertiary/aromatic N) is 3. The van der Waals surface area contributed by atoms with Crippen LogP contribution in [-0.2, 0) is 22.6 Å². The molecule has 0 fully saturated rings. The number of aromatic nitrogens is 2. The molecule has 0 bridgehead atoms. The molecule has 7 heteroatoms. The van der Waals surface area contributed by atoms with Gasteiger partial charge in [-0.1, -0.05) is 0 Å². The number of hydrogen-bond acceptors (Lipinski definition) is 5. The first-order chi connectivity index (χ1) is 6.92. The fraction of sp³-hybridized carbons (Fsp3) is 0.333. The van der Waals surface area contributed by atoms with Crippen molar-refractivity contribution in [3.8, 4) is 0 Å². The van der Waals surface area contributed by atoms with Crippen molar-refractivity contribution in [2.24, 2.45) is 0 Å². The first-order valence-corrected chi connectivity index (χ1v) is 3.34. The maximum absolute atomic E-state index is 11.0. The average molecular weight is 185 g/mol. The number of rotatable bonds is 1. The summed E-state index contributed by atoms with van der Waals surface area (Å²) < 4.78 is 19.9. The smallest absolute Gasteiger partial charge is 0.349 e. The zero-order valence-corrected chi connectivity index (χ0v) is 6.26. The van der Waals surface area contributed by atoms with E-state index in [9.17, 15) is 14.9 Å². The van der Waals surface area contributed by atoms with Crippen LogP contribution < -0.4 is 0 Å². The van der Waals surface area contributed by atoms with E-state index >= 15 is 0 Å². The third kappa shape index (κ3) is 1.13. The highest BCUT2D eigenvalue weighted by Gasteiger charge is 2.27. The number of hydrogen-bond donors (Lipinski definition) is 0. The second kappa shape index (κ2) is 2.54. The normalized spacial score (nSPS) is 21.1. The molecule has 1 aliphatic heterocycles. The Morgan fingerprint density at radius 2 is 2.62 bits per heavy atom. The number of cyclic esters (lactones) is 1. The first kappa shape index (κ1) is 5.68. The molecule has 0 spiro atoms. The fourth-order valence-corrected chi connectivity index (χ4v) is 1.01. The topological polar surface area (TPSA) is 87.3 Å². The molecule has 68 valence electrons. The van der Waals surface area contributed by atoms with Crippen molar-refractivity contribution < 1.29 is 17.2 Å². The second-order valence-electron chi connectivity index (χ2n) is 2.36. The molecule has 0 saturated carbocycles. The molecule has 0 aromatic carbocycles. The molecule has 7 nitrogen and oxygen atoms in total. The SMILES string of the molecule is [2H]C1([2H])OC(=O)Cn2c([N+](=O)[O-])cnc21. The van der Waals surface area contributed by atoms with Gasteiger partial charge >= 0.3 is 11.8 Å². The summed E-state index contributed by atoms with van der Waals surface area (Å²) in [6.07, 6.45) is 0.898. The lowest BCUT2D eigenvalue weighted by Crippen LogP contribution is -2.23. The molecule has 0 unspecified atom stereocenters. The highest BCUT2D eigenvalue weighted by atomic mass is 16.6. The van der Waals surface area contributed by atoms with Crippen molar-refractivity contribution in [2.75, 3.05) is 0 Å². The molecule has 2 rings (SSSR count). The van der Waals surface area contributed by atoms with E-state index in [4.69, 9.17) is 2.74 Å². The Morgan fingerprint density at radius 3 is 3.31 bits per heavy atom. The van der Waals surface area contributed by atoms with Gasteiger partial charge in [-0.05, 0) is 4.92 Å². The van der Waals surface area contributed by atoms with Gasteiger partial charge in [-0.2, -0.15) is 4.57 Å². The van der Waals surface area contributed by atoms with Gasteiger partial charge in [0.2, 0.25) is 5.82 Å². The van der Waals surface area contributed by atoms with Crippen molar-refractivity contribution in [3.05, 3.63) is 22.1 Å². The van der Waals surface area contributed by atoms with Gasteiger partial charge in [0.15, 0.2) is 13.1 Å². The monoisotopic (exact) mass is 185 g/mol. The third-order valence-electron chi connectivity index (χ3n) is 1.56. The molecule has 0 aliphatic carbocycles. The molecular formula is C6H5N3O4. The summed E-state index contributed by atoms with van der Waals surface area (Å²) in [5, 5.41) is 10.5. The summed E-state index contributed by atoms with van der Waals surface area (Å²) in [4.78, 5) is 24.3. The molecular weight excluding hydrogens is 178 g/mol. The highest BCUT2D eigenvalue weighted by Crippen LogP contribution is 2.17. The van der Waals surface area contributed by atoms with Crippen LogP contribution in [0.3, 0.4) is 0 Å². The highest BCUT2D eigenvalue weighted by molar-refractivity contribution is 5.70. The Morgan fingerprint density at radius 1 is 1.85 bits per heavy atom. The number of carbonyl (C=O) groups is 1. The Labute approximate surface area is 74.9 Å². The number of ether oxygens (including phenoxy) is 1. The van der Waals surface area contributed by atoms with Gasteiger partial charge in [0.1, 0.15) is 6.20 Å². The molecule has 13 heavy (non-hydrogen) atoms. The van der Waals surface area contributed by atoms with Gasteiger partial charge in [-0.3, -0.25) is 0 Å². The lowest BCUT2D eigenvalue weighted by Gasteiger charge is -2.09. The van der Waals surface area contributed by atoms with Crippen molar-refractivity contribution in [1.82, 2.24) is 9.55 Å². The van der Waals surface area contributed by atoms with Crippen LogP contribution in [0.5, 0.6) is 0 Å². The summed E-state index contributed by atoms with van der Waals surface area (Å²) in [6.45, 7) is -2.81. The van der Waals surface area contributed by atoms with Gasteiger partial charge in [-0.15, -0.1) is 0 Å². The molecule has 0 amide bonds. The van der Waals surface area contributed by atoms with Gasteiger partial charge < -0.3 is 14.9 Å². The van der Waals surface area contributed by atoms with Crippen LogP contribution in [0.1, 0.15) is 8.57 Å². The van der Waals surface area contributed by atoms with E-state index in [1.807, 2.05) is 0 Å². The minimum atomic E-state index is -2.41. The van der Waals surface area contributed by atoms with Crippen LogP contribution in [0.25, 0.3) is 0 Å². The van der Waals surface area contributed by atoms with Gasteiger partial charge in [0, 0.05) is 0 Å². The van der Waals surface area contributed by atoms with Crippen LogP contribution in [0, 0.1) is 10.1 Å². The van der Waals surface area contributed by atoms with Crippen molar-refractivity contribution >= 4 is 11.8 Å². The zero-order chi connectivity index (χ0) is 11.2. The van der Waals surface area contributed by atoms with E-state index in [1.54, 1.807) is 0 Å². The van der Waals surface area contributed by atoms with E-state index < -0.39 is 29.8 Å². The van der Waals surface area contributed by atoms with Crippen LogP contribution in [-0.4, -0.2) is 20.4 Å². The lowest BCUT2D eigenvalue weighted by atomic mass is 10.5. The summed E-state index contributed by atoms with van der Waals surface area (Å²) >= 11 is 0. The first-order valence-electron chi connectivity index (χ1n) is 4.34. The quantitative estimate of drug-likeness (QED) is 0.345. The summed E-state index contributed by atoms with van der Waals surface area (Å²) in [7, 11) is 0. The van der Waals surface area contributed by atoms with Crippen LogP contribution in [0.4, 0.5) is 5.82 Å². The second-order valence-corrected chi connectivity index (χ2v) is 2.36. The summed E-state index contributed by atoms with van der Waals surface area (Å²) in [6, 6.07) is 0. The number of fused-ring (bicyclic) bond motifs is 1. The fourth-order valence-electron chi connectivity index (χ4n) is 1.01. The Bertz CT molecular complexity index is 455. The van der Waals surface area contributed by atoms with Crippen LogP contribution in [0.15, 0.2) is 6.20 Å². The molecule has 1 aliphatic rings. The Hall–Kier alpha value is -1.92. The minimum Gasteiger partial charge on any atom is -0.452 e. The van der Waals surface area contributed by atoms with E-state index in [1.165, 1.54) is 0 Å². The molecule has 0 radical (unpaired) electrons. The number of carbonyl (C=O) groups excluding carboxylic acids is 1. The third-order valence-corrected chi connectivity index (χ3v) is 1.56.